The second-order valence-electron chi connectivity index (χ2n) is 8.22. The van der Waals surface area contributed by atoms with Crippen molar-refractivity contribution in [2.24, 2.45) is 0 Å². The zero-order valence-corrected chi connectivity index (χ0v) is 19.2. The summed E-state index contributed by atoms with van der Waals surface area (Å²) < 4.78 is 11.7. The van der Waals surface area contributed by atoms with Crippen molar-refractivity contribution >= 4 is 5.91 Å². The Morgan fingerprint density at radius 3 is 2.36 bits per heavy atom. The molecule has 1 atom stereocenters. The third kappa shape index (κ3) is 5.69. The van der Waals surface area contributed by atoms with E-state index in [1.165, 1.54) is 11.1 Å². The number of amides is 1. The van der Waals surface area contributed by atoms with Crippen LogP contribution in [0.2, 0.25) is 0 Å². The van der Waals surface area contributed by atoms with Crippen LogP contribution in [0, 0.1) is 13.8 Å². The molecule has 0 spiro atoms. The van der Waals surface area contributed by atoms with E-state index in [9.17, 15) is 4.79 Å². The number of hydrogen-bond donors (Lipinski definition) is 1. The molecule has 33 heavy (non-hydrogen) atoms. The molecule has 5 heteroatoms. The lowest BCUT2D eigenvalue weighted by Crippen LogP contribution is -2.27. The summed E-state index contributed by atoms with van der Waals surface area (Å²) in [5, 5.41) is 3.01. The Morgan fingerprint density at radius 1 is 0.970 bits per heavy atom. The van der Waals surface area contributed by atoms with Crippen molar-refractivity contribution in [3.05, 3.63) is 107 Å². The number of aromatic nitrogens is 1. The zero-order valence-electron chi connectivity index (χ0n) is 19.2. The summed E-state index contributed by atoms with van der Waals surface area (Å²) in [6.45, 7) is 6.92. The second-order valence-corrected chi connectivity index (χ2v) is 8.22. The van der Waals surface area contributed by atoms with E-state index in [1.54, 1.807) is 12.1 Å². The van der Waals surface area contributed by atoms with Gasteiger partial charge in [0.15, 0.2) is 0 Å². The molecule has 0 aliphatic heterocycles. The topological polar surface area (TPSA) is 64.4 Å². The molecule has 0 saturated heterocycles. The van der Waals surface area contributed by atoms with E-state index in [1.807, 2.05) is 68.4 Å². The summed E-state index contributed by atoms with van der Waals surface area (Å²) in [6, 6.07) is 25.4. The molecular weight excluding hydrogens is 412 g/mol. The molecule has 0 bridgehead atoms. The van der Waals surface area contributed by atoms with Gasteiger partial charge in [0.25, 0.3) is 5.91 Å². The number of oxazole rings is 1. The summed E-state index contributed by atoms with van der Waals surface area (Å²) in [6.07, 6.45) is 0. The van der Waals surface area contributed by atoms with E-state index in [-0.39, 0.29) is 11.8 Å². The van der Waals surface area contributed by atoms with Crippen LogP contribution in [0.25, 0.3) is 11.5 Å². The minimum Gasteiger partial charge on any atom is -0.487 e. The van der Waals surface area contributed by atoms with E-state index in [0.29, 0.717) is 30.4 Å². The summed E-state index contributed by atoms with van der Waals surface area (Å²) in [7, 11) is 0. The normalized spacial score (nSPS) is 11.7. The van der Waals surface area contributed by atoms with Crippen LogP contribution in [0.3, 0.4) is 0 Å². The average molecular weight is 441 g/mol. The van der Waals surface area contributed by atoms with Crippen LogP contribution >= 0.6 is 0 Å². The monoisotopic (exact) mass is 440 g/mol. The van der Waals surface area contributed by atoms with Gasteiger partial charge in [0.05, 0.1) is 0 Å². The van der Waals surface area contributed by atoms with Gasteiger partial charge in [-0.2, -0.15) is 0 Å². The maximum atomic E-state index is 12.6. The second kappa shape index (κ2) is 10.2. The van der Waals surface area contributed by atoms with Crippen LogP contribution in [-0.4, -0.2) is 17.4 Å². The highest BCUT2D eigenvalue weighted by atomic mass is 16.5. The SMILES string of the molecule is Cc1ccc(OCc2nc(-c3ccc(C(=O)NC[C@H](C)c4ccccc4)cc3)oc2C)cc1. The fraction of sp³-hybridized carbons (Fsp3) is 0.214. The number of nitrogens with one attached hydrogen (secondary N) is 1. The lowest BCUT2D eigenvalue weighted by Gasteiger charge is -2.13. The van der Waals surface area contributed by atoms with Crippen molar-refractivity contribution < 1.29 is 13.9 Å². The molecule has 4 aromatic rings. The maximum absolute atomic E-state index is 12.6. The van der Waals surface area contributed by atoms with Crippen molar-refractivity contribution in [2.45, 2.75) is 33.3 Å². The largest absolute Gasteiger partial charge is 0.487 e. The Bertz CT molecular complexity index is 1200. The molecule has 1 aromatic heterocycles. The number of benzene rings is 3. The Hall–Kier alpha value is -3.86. The van der Waals surface area contributed by atoms with Gasteiger partial charge in [0.2, 0.25) is 5.89 Å². The number of nitrogens with zero attached hydrogens (tertiary/aromatic N) is 1. The van der Waals surface area contributed by atoms with Crippen molar-refractivity contribution in [3.63, 3.8) is 0 Å². The molecule has 168 valence electrons. The van der Waals surface area contributed by atoms with E-state index in [0.717, 1.165) is 17.0 Å². The molecule has 0 radical (unpaired) electrons. The molecule has 0 fully saturated rings. The van der Waals surface area contributed by atoms with Crippen LogP contribution in [0.4, 0.5) is 0 Å². The lowest BCUT2D eigenvalue weighted by atomic mass is 10.0. The lowest BCUT2D eigenvalue weighted by molar-refractivity contribution is 0.0951. The molecule has 0 saturated carbocycles. The summed E-state index contributed by atoms with van der Waals surface area (Å²) >= 11 is 0. The smallest absolute Gasteiger partial charge is 0.251 e. The third-order valence-corrected chi connectivity index (χ3v) is 5.62. The fourth-order valence-corrected chi connectivity index (χ4v) is 3.48. The Morgan fingerprint density at radius 2 is 1.67 bits per heavy atom. The summed E-state index contributed by atoms with van der Waals surface area (Å²) in [4.78, 5) is 17.1. The molecular formula is C28H28N2O3. The number of carbonyl (C=O) groups is 1. The van der Waals surface area contributed by atoms with Crippen LogP contribution in [0.5, 0.6) is 5.75 Å². The van der Waals surface area contributed by atoms with Gasteiger partial charge >= 0.3 is 0 Å². The first-order chi connectivity index (χ1) is 16.0. The van der Waals surface area contributed by atoms with Crippen molar-refractivity contribution in [1.29, 1.82) is 0 Å². The van der Waals surface area contributed by atoms with E-state index in [4.69, 9.17) is 9.15 Å². The first kappa shape index (κ1) is 22.3. The predicted octanol–water partition coefficient (Wildman–Crippen LogP) is 6.07. The minimum absolute atomic E-state index is 0.0971. The predicted molar refractivity (Wildman–Crippen MR) is 129 cm³/mol. The highest BCUT2D eigenvalue weighted by molar-refractivity contribution is 5.94. The Labute approximate surface area is 194 Å². The molecule has 5 nitrogen and oxygen atoms in total. The number of ether oxygens (including phenoxy) is 1. The van der Waals surface area contributed by atoms with Gasteiger partial charge < -0.3 is 14.5 Å². The van der Waals surface area contributed by atoms with E-state index >= 15 is 0 Å². The number of carbonyl (C=O) groups excluding carboxylic acids is 1. The quantitative estimate of drug-likeness (QED) is 0.361. The van der Waals surface area contributed by atoms with E-state index in [2.05, 4.69) is 29.4 Å². The van der Waals surface area contributed by atoms with Gasteiger partial charge in [-0.25, -0.2) is 4.98 Å². The Kier molecular flexibility index (Phi) is 6.89. The van der Waals surface area contributed by atoms with E-state index < -0.39 is 0 Å². The highest BCUT2D eigenvalue weighted by Gasteiger charge is 2.14. The molecule has 1 heterocycles. The highest BCUT2D eigenvalue weighted by Crippen LogP contribution is 2.23. The standard InChI is InChI=1S/C28H28N2O3/c1-19-9-15-25(16-10-19)32-18-26-21(3)33-28(30-26)24-13-11-23(12-14-24)27(31)29-17-20(2)22-7-5-4-6-8-22/h4-16,20H,17-18H2,1-3H3,(H,29,31)/t20-/m0/s1. The van der Waals surface area contributed by atoms with Crippen LogP contribution < -0.4 is 10.1 Å². The average Bonchev–Trinajstić information content (AvgIpc) is 3.23. The fourth-order valence-electron chi connectivity index (χ4n) is 3.48. The van der Waals surface area contributed by atoms with Crippen LogP contribution in [0.15, 0.2) is 83.3 Å². The van der Waals surface area contributed by atoms with Crippen molar-refractivity contribution in [1.82, 2.24) is 10.3 Å². The molecule has 1 amide bonds. The van der Waals surface area contributed by atoms with Gasteiger partial charge in [-0.3, -0.25) is 4.79 Å². The Balaban J connectivity index is 1.36. The zero-order chi connectivity index (χ0) is 23.2. The first-order valence-electron chi connectivity index (χ1n) is 11.1. The minimum atomic E-state index is -0.0971. The molecule has 0 aliphatic carbocycles. The first-order valence-corrected chi connectivity index (χ1v) is 11.1. The van der Waals surface area contributed by atoms with Crippen molar-refractivity contribution in [3.8, 4) is 17.2 Å². The molecule has 0 unspecified atom stereocenters. The molecule has 1 N–H and O–H groups in total. The molecule has 3 aromatic carbocycles. The molecule has 4 rings (SSSR count). The summed E-state index contributed by atoms with van der Waals surface area (Å²) in [5.74, 6) is 2.17. The van der Waals surface area contributed by atoms with Gasteiger partial charge in [-0.15, -0.1) is 0 Å². The third-order valence-electron chi connectivity index (χ3n) is 5.62. The van der Waals surface area contributed by atoms with Gasteiger partial charge in [0.1, 0.15) is 23.8 Å². The summed E-state index contributed by atoms with van der Waals surface area (Å²) in [5.41, 5.74) is 4.56. The van der Waals surface area contributed by atoms with Crippen LogP contribution in [-0.2, 0) is 6.61 Å². The molecule has 0 aliphatic rings. The number of rotatable bonds is 8. The van der Waals surface area contributed by atoms with Crippen molar-refractivity contribution in [2.75, 3.05) is 6.54 Å². The van der Waals surface area contributed by atoms with Crippen LogP contribution in [0.1, 0.15) is 45.8 Å². The van der Waals surface area contributed by atoms with Gasteiger partial charge in [0, 0.05) is 17.7 Å². The van der Waals surface area contributed by atoms with Gasteiger partial charge in [-0.1, -0.05) is 55.0 Å². The number of hydrogen-bond acceptors (Lipinski definition) is 4. The van der Waals surface area contributed by atoms with Gasteiger partial charge in [-0.05, 0) is 61.7 Å². The maximum Gasteiger partial charge on any atom is 0.251 e. The number of aryl methyl sites for hydroxylation is 2.